The Morgan fingerprint density at radius 3 is 2.72 bits per heavy atom. The van der Waals surface area contributed by atoms with E-state index in [4.69, 9.17) is 0 Å². The molecular weight excluding hydrogens is 426 g/mol. The SMILES string of the molecule is O=C(CN1C(=O)N[C@@]2(CCCc3ccccc32)C1=O)Nc1nnc(Cc2ccccc2)s1. The van der Waals surface area contributed by atoms with Crippen LogP contribution in [0.4, 0.5) is 9.93 Å². The molecule has 0 unspecified atom stereocenters. The number of urea groups is 1. The molecule has 5 rings (SSSR count). The Labute approximate surface area is 188 Å². The Morgan fingerprint density at radius 1 is 1.09 bits per heavy atom. The van der Waals surface area contributed by atoms with E-state index < -0.39 is 17.5 Å². The van der Waals surface area contributed by atoms with E-state index in [2.05, 4.69) is 20.8 Å². The highest BCUT2D eigenvalue weighted by molar-refractivity contribution is 7.15. The minimum absolute atomic E-state index is 0.339. The fraction of sp³-hybridized carbons (Fsp3) is 0.261. The zero-order valence-corrected chi connectivity index (χ0v) is 18.0. The molecule has 1 spiro atoms. The van der Waals surface area contributed by atoms with Crippen LogP contribution in [0.5, 0.6) is 0 Å². The Morgan fingerprint density at radius 2 is 1.88 bits per heavy atom. The number of carbonyl (C=O) groups is 3. The van der Waals surface area contributed by atoms with Crippen molar-refractivity contribution in [1.29, 1.82) is 0 Å². The highest BCUT2D eigenvalue weighted by Gasteiger charge is 2.54. The fourth-order valence-electron chi connectivity index (χ4n) is 4.40. The minimum atomic E-state index is -1.09. The zero-order valence-electron chi connectivity index (χ0n) is 17.2. The molecule has 162 valence electrons. The number of aromatic nitrogens is 2. The van der Waals surface area contributed by atoms with Gasteiger partial charge in [-0.3, -0.25) is 19.8 Å². The molecule has 1 fully saturated rings. The van der Waals surface area contributed by atoms with Gasteiger partial charge in [0.2, 0.25) is 11.0 Å². The first-order valence-corrected chi connectivity index (χ1v) is 11.3. The van der Waals surface area contributed by atoms with E-state index >= 15 is 0 Å². The average molecular weight is 448 g/mol. The summed E-state index contributed by atoms with van der Waals surface area (Å²) in [5, 5.41) is 14.7. The summed E-state index contributed by atoms with van der Waals surface area (Å²) in [6.45, 7) is -0.373. The maximum Gasteiger partial charge on any atom is 0.325 e. The molecule has 1 aliphatic heterocycles. The van der Waals surface area contributed by atoms with Crippen LogP contribution in [0.15, 0.2) is 54.6 Å². The number of amides is 4. The molecule has 32 heavy (non-hydrogen) atoms. The molecule has 2 aliphatic rings. The molecular formula is C23H21N5O3S. The van der Waals surface area contributed by atoms with Gasteiger partial charge in [-0.05, 0) is 36.0 Å². The first-order chi connectivity index (χ1) is 15.5. The lowest BCUT2D eigenvalue weighted by Crippen LogP contribution is -2.47. The summed E-state index contributed by atoms with van der Waals surface area (Å²) in [4.78, 5) is 39.5. The highest BCUT2D eigenvalue weighted by atomic mass is 32.1. The van der Waals surface area contributed by atoms with Gasteiger partial charge in [0.05, 0.1) is 0 Å². The van der Waals surface area contributed by atoms with Crippen molar-refractivity contribution in [3.63, 3.8) is 0 Å². The van der Waals surface area contributed by atoms with Gasteiger partial charge in [0, 0.05) is 6.42 Å². The third-order valence-electron chi connectivity index (χ3n) is 5.86. The van der Waals surface area contributed by atoms with Crippen molar-refractivity contribution >= 4 is 34.3 Å². The molecule has 8 nitrogen and oxygen atoms in total. The molecule has 3 aromatic rings. The molecule has 2 aromatic carbocycles. The number of rotatable bonds is 5. The normalized spacial score (nSPS) is 19.7. The molecule has 1 saturated heterocycles. The Balaban J connectivity index is 1.27. The fourth-order valence-corrected chi connectivity index (χ4v) is 5.19. The number of aryl methyl sites for hydroxylation is 1. The molecule has 1 aromatic heterocycles. The molecule has 1 aliphatic carbocycles. The van der Waals surface area contributed by atoms with Gasteiger partial charge in [-0.25, -0.2) is 4.79 Å². The van der Waals surface area contributed by atoms with E-state index in [-0.39, 0.29) is 12.5 Å². The number of fused-ring (bicyclic) bond motifs is 2. The van der Waals surface area contributed by atoms with Crippen molar-refractivity contribution in [1.82, 2.24) is 20.4 Å². The van der Waals surface area contributed by atoms with E-state index in [1.807, 2.05) is 54.6 Å². The van der Waals surface area contributed by atoms with E-state index in [0.717, 1.165) is 39.4 Å². The monoisotopic (exact) mass is 447 g/mol. The Hall–Kier alpha value is -3.59. The van der Waals surface area contributed by atoms with E-state index in [1.165, 1.54) is 11.3 Å². The largest absolute Gasteiger partial charge is 0.325 e. The maximum atomic E-state index is 13.3. The van der Waals surface area contributed by atoms with Crippen LogP contribution < -0.4 is 10.6 Å². The molecule has 2 N–H and O–H groups in total. The Bertz CT molecular complexity index is 1200. The van der Waals surface area contributed by atoms with Crippen LogP contribution in [-0.4, -0.2) is 39.5 Å². The molecule has 1 atom stereocenters. The second kappa shape index (κ2) is 8.16. The maximum absolute atomic E-state index is 13.3. The summed E-state index contributed by atoms with van der Waals surface area (Å²) in [5.74, 6) is -0.871. The number of hydrogen-bond acceptors (Lipinski definition) is 6. The van der Waals surface area contributed by atoms with Crippen molar-refractivity contribution in [3.05, 3.63) is 76.3 Å². The average Bonchev–Trinajstić information content (AvgIpc) is 3.32. The van der Waals surface area contributed by atoms with Crippen molar-refractivity contribution in [2.75, 3.05) is 11.9 Å². The number of nitrogens with zero attached hydrogens (tertiary/aromatic N) is 3. The predicted octanol–water partition coefficient (Wildman–Crippen LogP) is 2.85. The van der Waals surface area contributed by atoms with Crippen LogP contribution in [0.3, 0.4) is 0 Å². The highest BCUT2D eigenvalue weighted by Crippen LogP contribution is 2.39. The number of anilines is 1. The topological polar surface area (TPSA) is 104 Å². The summed E-state index contributed by atoms with van der Waals surface area (Å²) in [5.41, 5.74) is 1.89. The minimum Gasteiger partial charge on any atom is -0.319 e. The Kier molecular flexibility index (Phi) is 5.18. The number of nitrogens with one attached hydrogen (secondary N) is 2. The quantitative estimate of drug-likeness (QED) is 0.586. The summed E-state index contributed by atoms with van der Waals surface area (Å²) >= 11 is 1.27. The third-order valence-corrected chi connectivity index (χ3v) is 6.70. The lowest BCUT2D eigenvalue weighted by molar-refractivity contribution is -0.134. The standard InChI is InChI=1S/C23H21N5O3S/c29-18(24-21-27-26-19(32-21)13-15-7-2-1-3-8-15)14-28-20(30)23(25-22(28)31)12-6-10-16-9-4-5-11-17(16)23/h1-5,7-9,11H,6,10,12-14H2,(H,25,31)(H,24,27,29)/t23-/m1/s1. The summed E-state index contributed by atoms with van der Waals surface area (Å²) in [7, 11) is 0. The van der Waals surface area contributed by atoms with Gasteiger partial charge in [-0.1, -0.05) is 65.9 Å². The molecule has 0 saturated carbocycles. The molecule has 0 radical (unpaired) electrons. The molecule has 9 heteroatoms. The van der Waals surface area contributed by atoms with Crippen LogP contribution in [0.1, 0.15) is 34.5 Å². The second-order valence-corrected chi connectivity index (χ2v) is 9.01. The van der Waals surface area contributed by atoms with Crippen LogP contribution in [0.25, 0.3) is 0 Å². The van der Waals surface area contributed by atoms with E-state index in [0.29, 0.717) is 18.0 Å². The van der Waals surface area contributed by atoms with Crippen LogP contribution in [-0.2, 0) is 28.0 Å². The van der Waals surface area contributed by atoms with Crippen molar-refractivity contribution in [3.8, 4) is 0 Å². The summed E-state index contributed by atoms with van der Waals surface area (Å²) in [6.07, 6.45) is 2.79. The molecule has 0 bridgehead atoms. The second-order valence-electron chi connectivity index (χ2n) is 7.95. The van der Waals surface area contributed by atoms with E-state index in [1.54, 1.807) is 0 Å². The van der Waals surface area contributed by atoms with Crippen LogP contribution >= 0.6 is 11.3 Å². The van der Waals surface area contributed by atoms with Crippen molar-refractivity contribution in [2.24, 2.45) is 0 Å². The first kappa shape index (κ1) is 20.3. The zero-order chi connectivity index (χ0) is 22.1. The molecule has 4 amide bonds. The summed E-state index contributed by atoms with van der Waals surface area (Å²) in [6, 6.07) is 16.9. The van der Waals surface area contributed by atoms with Crippen molar-refractivity contribution < 1.29 is 14.4 Å². The number of imide groups is 1. The number of benzene rings is 2. The van der Waals surface area contributed by atoms with Gasteiger partial charge in [0.1, 0.15) is 17.1 Å². The molecule has 2 heterocycles. The van der Waals surface area contributed by atoms with Gasteiger partial charge >= 0.3 is 6.03 Å². The van der Waals surface area contributed by atoms with Gasteiger partial charge in [0.15, 0.2) is 0 Å². The van der Waals surface area contributed by atoms with Gasteiger partial charge in [-0.15, -0.1) is 10.2 Å². The lowest BCUT2D eigenvalue weighted by Gasteiger charge is -2.33. The van der Waals surface area contributed by atoms with Crippen molar-refractivity contribution in [2.45, 2.75) is 31.2 Å². The smallest absolute Gasteiger partial charge is 0.319 e. The van der Waals surface area contributed by atoms with Gasteiger partial charge in [-0.2, -0.15) is 0 Å². The first-order valence-electron chi connectivity index (χ1n) is 10.4. The number of carbonyl (C=O) groups excluding carboxylic acids is 3. The summed E-state index contributed by atoms with van der Waals surface area (Å²) < 4.78 is 0. The van der Waals surface area contributed by atoms with E-state index in [9.17, 15) is 14.4 Å². The van der Waals surface area contributed by atoms with Gasteiger partial charge < -0.3 is 5.32 Å². The predicted molar refractivity (Wildman–Crippen MR) is 119 cm³/mol. The number of hydrogen-bond donors (Lipinski definition) is 2. The third kappa shape index (κ3) is 3.64. The van der Waals surface area contributed by atoms with Crippen LogP contribution in [0.2, 0.25) is 0 Å². The lowest BCUT2D eigenvalue weighted by atomic mass is 9.76. The van der Waals surface area contributed by atoms with Gasteiger partial charge in [0.25, 0.3) is 5.91 Å². The van der Waals surface area contributed by atoms with Crippen LogP contribution in [0, 0.1) is 0 Å².